The van der Waals surface area contributed by atoms with Gasteiger partial charge in [-0.25, -0.2) is 0 Å². The van der Waals surface area contributed by atoms with E-state index in [-0.39, 0.29) is 5.56 Å². The molecule has 0 aliphatic carbocycles. The monoisotopic (exact) mass is 451 g/mol. The van der Waals surface area contributed by atoms with Gasteiger partial charge in [-0.2, -0.15) is 9.50 Å². The first kappa shape index (κ1) is 21.4. The highest BCUT2D eigenvalue weighted by Crippen LogP contribution is 2.40. The number of rotatable bonds is 8. The van der Waals surface area contributed by atoms with Gasteiger partial charge in [0, 0.05) is 5.56 Å². The molecule has 2 aromatic carbocycles. The van der Waals surface area contributed by atoms with Crippen LogP contribution in [0.25, 0.3) is 22.4 Å². The first-order chi connectivity index (χ1) is 15.6. The Morgan fingerprint density at radius 1 is 1.06 bits per heavy atom. The first-order valence-corrected chi connectivity index (χ1v) is 10.4. The Labute approximate surface area is 188 Å². The van der Waals surface area contributed by atoms with E-state index < -0.39 is 0 Å². The lowest BCUT2D eigenvalue weighted by Crippen LogP contribution is -2.23. The molecule has 0 saturated heterocycles. The average molecular weight is 452 g/mol. The maximum atomic E-state index is 12.9. The second-order valence-corrected chi connectivity index (χ2v) is 7.64. The molecule has 0 bridgehead atoms. The van der Waals surface area contributed by atoms with Crippen LogP contribution >= 0.6 is 11.3 Å². The van der Waals surface area contributed by atoms with Gasteiger partial charge in [0.15, 0.2) is 17.3 Å². The van der Waals surface area contributed by atoms with Gasteiger partial charge in [0.25, 0.3) is 5.56 Å². The van der Waals surface area contributed by atoms with Crippen molar-refractivity contribution < 1.29 is 18.9 Å². The van der Waals surface area contributed by atoms with Gasteiger partial charge in [-0.05, 0) is 35.9 Å². The number of ether oxygens (including phenoxy) is 4. The van der Waals surface area contributed by atoms with E-state index in [1.165, 1.54) is 37.2 Å². The predicted molar refractivity (Wildman–Crippen MR) is 123 cm³/mol. The highest BCUT2D eigenvalue weighted by molar-refractivity contribution is 7.15. The van der Waals surface area contributed by atoms with Crippen molar-refractivity contribution in [3.8, 4) is 34.4 Å². The standard InChI is InChI=1S/C23H21N3O5S/c1-5-10-31-16-8-6-14(7-9-16)11-19-22(27)26-23(32-19)24-21(25-26)15-12-17(28-2)20(30-4)18(13-15)29-3/h5-9,11-13H,1,10H2,2-4H3/b19-11-. The topological polar surface area (TPSA) is 84.2 Å². The van der Waals surface area contributed by atoms with E-state index in [4.69, 9.17) is 18.9 Å². The summed E-state index contributed by atoms with van der Waals surface area (Å²) in [6.45, 7) is 4.07. The zero-order valence-electron chi connectivity index (χ0n) is 17.8. The fourth-order valence-electron chi connectivity index (χ4n) is 3.13. The number of hydrogen-bond acceptors (Lipinski definition) is 8. The fourth-order valence-corrected chi connectivity index (χ4v) is 4.04. The number of fused-ring (bicyclic) bond motifs is 1. The second-order valence-electron chi connectivity index (χ2n) is 6.63. The summed E-state index contributed by atoms with van der Waals surface area (Å²) in [4.78, 5) is 17.9. The number of nitrogens with zero attached hydrogens (tertiary/aromatic N) is 3. The van der Waals surface area contributed by atoms with Crippen molar-refractivity contribution in [3.63, 3.8) is 0 Å². The summed E-state index contributed by atoms with van der Waals surface area (Å²) >= 11 is 1.27. The number of hydrogen-bond donors (Lipinski definition) is 0. The normalized spacial score (nSPS) is 11.5. The Bertz CT molecular complexity index is 1350. The fraction of sp³-hybridized carbons (Fsp3) is 0.174. The molecule has 2 aromatic heterocycles. The minimum atomic E-state index is -0.233. The van der Waals surface area contributed by atoms with Crippen LogP contribution in [0.2, 0.25) is 0 Å². The van der Waals surface area contributed by atoms with Crippen molar-refractivity contribution in [3.05, 3.63) is 69.5 Å². The molecule has 0 aliphatic rings. The molecule has 0 N–H and O–H groups in total. The van der Waals surface area contributed by atoms with Gasteiger partial charge in [0.2, 0.25) is 10.7 Å². The molecule has 0 radical (unpaired) electrons. The summed E-state index contributed by atoms with van der Waals surface area (Å²) < 4.78 is 23.5. The van der Waals surface area contributed by atoms with E-state index in [1.54, 1.807) is 24.3 Å². The van der Waals surface area contributed by atoms with Crippen LogP contribution in [0.15, 0.2) is 53.8 Å². The largest absolute Gasteiger partial charge is 0.493 e. The Hall–Kier alpha value is -3.85. The average Bonchev–Trinajstić information content (AvgIpc) is 3.36. The quantitative estimate of drug-likeness (QED) is 0.381. The van der Waals surface area contributed by atoms with E-state index >= 15 is 0 Å². The lowest BCUT2D eigenvalue weighted by atomic mass is 10.1. The van der Waals surface area contributed by atoms with Crippen molar-refractivity contribution in [1.29, 1.82) is 0 Å². The van der Waals surface area contributed by atoms with Crippen LogP contribution in [-0.2, 0) is 0 Å². The summed E-state index contributed by atoms with van der Waals surface area (Å²) in [5.41, 5.74) is 1.29. The van der Waals surface area contributed by atoms with Gasteiger partial charge in [0.05, 0.1) is 25.9 Å². The van der Waals surface area contributed by atoms with Crippen LogP contribution in [0.5, 0.6) is 23.0 Å². The van der Waals surface area contributed by atoms with Crippen LogP contribution in [0.4, 0.5) is 0 Å². The van der Waals surface area contributed by atoms with Gasteiger partial charge < -0.3 is 18.9 Å². The lowest BCUT2D eigenvalue weighted by Gasteiger charge is -2.12. The van der Waals surface area contributed by atoms with Crippen LogP contribution in [0.3, 0.4) is 0 Å². The summed E-state index contributed by atoms with van der Waals surface area (Å²) in [5.74, 6) is 2.57. The molecule has 164 valence electrons. The molecule has 0 unspecified atom stereocenters. The number of thiazole rings is 1. The van der Waals surface area contributed by atoms with Crippen LogP contribution < -0.4 is 29.0 Å². The van der Waals surface area contributed by atoms with Crippen molar-refractivity contribution in [2.24, 2.45) is 0 Å². The Balaban J connectivity index is 1.70. The van der Waals surface area contributed by atoms with Gasteiger partial charge in [0.1, 0.15) is 12.4 Å². The Morgan fingerprint density at radius 2 is 1.75 bits per heavy atom. The van der Waals surface area contributed by atoms with Gasteiger partial charge >= 0.3 is 0 Å². The van der Waals surface area contributed by atoms with Crippen molar-refractivity contribution in [2.45, 2.75) is 0 Å². The van der Waals surface area contributed by atoms with E-state index in [0.29, 0.717) is 44.7 Å². The third-order valence-corrected chi connectivity index (χ3v) is 5.61. The molecule has 9 heteroatoms. The maximum Gasteiger partial charge on any atom is 0.291 e. The molecule has 0 aliphatic heterocycles. The van der Waals surface area contributed by atoms with Crippen LogP contribution in [0.1, 0.15) is 5.56 Å². The van der Waals surface area contributed by atoms with Crippen molar-refractivity contribution >= 4 is 22.4 Å². The highest BCUT2D eigenvalue weighted by Gasteiger charge is 2.18. The SMILES string of the molecule is C=CCOc1ccc(/C=c2\sc3nc(-c4cc(OC)c(OC)c(OC)c4)nn3c2=O)cc1. The molecule has 4 rings (SSSR count). The number of benzene rings is 2. The molecular weight excluding hydrogens is 430 g/mol. The minimum absolute atomic E-state index is 0.233. The summed E-state index contributed by atoms with van der Waals surface area (Å²) in [7, 11) is 4.61. The zero-order chi connectivity index (χ0) is 22.7. The highest BCUT2D eigenvalue weighted by atomic mass is 32.1. The molecule has 32 heavy (non-hydrogen) atoms. The first-order valence-electron chi connectivity index (χ1n) is 9.63. The Morgan fingerprint density at radius 3 is 2.31 bits per heavy atom. The zero-order valence-corrected chi connectivity index (χ0v) is 18.6. The van der Waals surface area contributed by atoms with E-state index in [9.17, 15) is 4.79 Å². The third-order valence-electron chi connectivity index (χ3n) is 4.65. The Kier molecular flexibility index (Phi) is 6.09. The molecule has 0 amide bonds. The smallest absolute Gasteiger partial charge is 0.291 e. The minimum Gasteiger partial charge on any atom is -0.493 e. The maximum absolute atomic E-state index is 12.9. The molecule has 8 nitrogen and oxygen atoms in total. The molecule has 2 heterocycles. The van der Waals surface area contributed by atoms with Crippen LogP contribution in [0, 0.1) is 0 Å². The molecule has 0 saturated carbocycles. The van der Waals surface area contributed by atoms with Crippen molar-refractivity contribution in [1.82, 2.24) is 14.6 Å². The molecular formula is C23H21N3O5S. The van der Waals surface area contributed by atoms with Crippen LogP contribution in [-0.4, -0.2) is 42.5 Å². The van der Waals surface area contributed by atoms with Gasteiger partial charge in [-0.3, -0.25) is 4.79 Å². The summed E-state index contributed by atoms with van der Waals surface area (Å²) in [6.07, 6.45) is 3.49. The molecule has 0 fully saturated rings. The molecule has 0 atom stereocenters. The predicted octanol–water partition coefficient (Wildman–Crippen LogP) is 2.96. The van der Waals surface area contributed by atoms with E-state index in [0.717, 1.165) is 11.3 Å². The lowest BCUT2D eigenvalue weighted by molar-refractivity contribution is 0.324. The number of aromatic nitrogens is 3. The summed E-state index contributed by atoms with van der Waals surface area (Å²) in [6, 6.07) is 10.9. The molecule has 0 spiro atoms. The van der Waals surface area contributed by atoms with E-state index in [1.807, 2.05) is 24.3 Å². The van der Waals surface area contributed by atoms with Crippen molar-refractivity contribution in [2.75, 3.05) is 27.9 Å². The second kappa shape index (κ2) is 9.11. The third kappa shape index (κ3) is 4.02. The molecule has 4 aromatic rings. The number of methoxy groups -OCH3 is 3. The van der Waals surface area contributed by atoms with Gasteiger partial charge in [-0.1, -0.05) is 36.1 Å². The van der Waals surface area contributed by atoms with Gasteiger partial charge in [-0.15, -0.1) is 5.10 Å². The summed E-state index contributed by atoms with van der Waals surface area (Å²) in [5, 5.41) is 4.40. The van der Waals surface area contributed by atoms with E-state index in [2.05, 4.69) is 16.7 Å².